The summed E-state index contributed by atoms with van der Waals surface area (Å²) in [6.07, 6.45) is 4.74. The SMILES string of the molecule is CCNc1c(C(=O)NCC2CCCC2)cccc1[N+](=O)[O-]. The van der Waals surface area contributed by atoms with E-state index in [1.165, 1.54) is 18.9 Å². The summed E-state index contributed by atoms with van der Waals surface area (Å²) in [6, 6.07) is 4.57. The van der Waals surface area contributed by atoms with Crippen LogP contribution in [0.3, 0.4) is 0 Å². The second-order valence-electron chi connectivity index (χ2n) is 5.35. The summed E-state index contributed by atoms with van der Waals surface area (Å²) in [5.41, 5.74) is 0.573. The van der Waals surface area contributed by atoms with Gasteiger partial charge in [0.05, 0.1) is 10.5 Å². The number of carbonyl (C=O) groups excluding carboxylic acids is 1. The van der Waals surface area contributed by atoms with Gasteiger partial charge in [-0.05, 0) is 31.7 Å². The molecule has 21 heavy (non-hydrogen) atoms. The largest absolute Gasteiger partial charge is 0.379 e. The van der Waals surface area contributed by atoms with Gasteiger partial charge in [-0.25, -0.2) is 0 Å². The van der Waals surface area contributed by atoms with Crippen molar-refractivity contribution in [1.29, 1.82) is 0 Å². The molecule has 1 aromatic rings. The Bertz CT molecular complexity index is 525. The number of nitrogens with one attached hydrogen (secondary N) is 2. The molecule has 2 rings (SSSR count). The van der Waals surface area contributed by atoms with Gasteiger partial charge in [-0.15, -0.1) is 0 Å². The predicted molar refractivity (Wildman–Crippen MR) is 81.6 cm³/mol. The van der Waals surface area contributed by atoms with Crippen LogP contribution in [0.15, 0.2) is 18.2 Å². The molecule has 0 radical (unpaired) electrons. The molecule has 0 bridgehead atoms. The number of nitrogens with zero attached hydrogens (tertiary/aromatic N) is 1. The maximum absolute atomic E-state index is 12.3. The Kier molecular flexibility index (Phi) is 5.14. The van der Waals surface area contributed by atoms with Crippen LogP contribution in [0, 0.1) is 16.0 Å². The van der Waals surface area contributed by atoms with Gasteiger partial charge in [-0.2, -0.15) is 0 Å². The Balaban J connectivity index is 2.14. The molecular weight excluding hydrogens is 270 g/mol. The topological polar surface area (TPSA) is 84.3 Å². The first-order valence-electron chi connectivity index (χ1n) is 7.43. The Labute approximate surface area is 124 Å². The standard InChI is InChI=1S/C15H21N3O3/c1-2-16-14-12(8-5-9-13(14)18(20)21)15(19)17-10-11-6-3-4-7-11/h5,8-9,11,16H,2-4,6-7,10H2,1H3,(H,17,19). The zero-order chi connectivity index (χ0) is 15.2. The molecule has 1 aromatic carbocycles. The van der Waals surface area contributed by atoms with Crippen molar-refractivity contribution < 1.29 is 9.72 Å². The third kappa shape index (κ3) is 3.71. The first kappa shape index (κ1) is 15.3. The lowest BCUT2D eigenvalue weighted by molar-refractivity contribution is -0.384. The summed E-state index contributed by atoms with van der Waals surface area (Å²) in [5, 5.41) is 16.9. The van der Waals surface area contributed by atoms with E-state index in [1.54, 1.807) is 12.1 Å². The average molecular weight is 291 g/mol. The highest BCUT2D eigenvalue weighted by atomic mass is 16.6. The van der Waals surface area contributed by atoms with E-state index in [4.69, 9.17) is 0 Å². The molecule has 0 heterocycles. The molecule has 0 saturated heterocycles. The molecule has 1 amide bonds. The molecule has 0 unspecified atom stereocenters. The zero-order valence-electron chi connectivity index (χ0n) is 12.2. The summed E-state index contributed by atoms with van der Waals surface area (Å²) < 4.78 is 0. The minimum Gasteiger partial charge on any atom is -0.379 e. The Morgan fingerprint density at radius 2 is 2.10 bits per heavy atom. The summed E-state index contributed by atoms with van der Waals surface area (Å²) >= 11 is 0. The van der Waals surface area contributed by atoms with Crippen LogP contribution in [-0.2, 0) is 0 Å². The number of anilines is 1. The van der Waals surface area contributed by atoms with E-state index in [-0.39, 0.29) is 11.6 Å². The number of rotatable bonds is 6. The lowest BCUT2D eigenvalue weighted by atomic mass is 10.1. The number of hydrogen-bond acceptors (Lipinski definition) is 4. The van der Waals surface area contributed by atoms with E-state index in [0.717, 1.165) is 12.8 Å². The monoisotopic (exact) mass is 291 g/mol. The minimum atomic E-state index is -0.467. The van der Waals surface area contributed by atoms with Crippen LogP contribution >= 0.6 is 0 Å². The van der Waals surface area contributed by atoms with E-state index < -0.39 is 4.92 Å². The molecule has 0 atom stereocenters. The number of carbonyl (C=O) groups is 1. The van der Waals surface area contributed by atoms with Gasteiger partial charge >= 0.3 is 0 Å². The second-order valence-corrected chi connectivity index (χ2v) is 5.35. The normalized spacial score (nSPS) is 14.9. The number of nitro groups is 1. The van der Waals surface area contributed by atoms with Gasteiger partial charge in [0.1, 0.15) is 5.69 Å². The van der Waals surface area contributed by atoms with Gasteiger partial charge in [0.25, 0.3) is 11.6 Å². The molecule has 0 spiro atoms. The minimum absolute atomic E-state index is 0.0645. The van der Waals surface area contributed by atoms with Crippen LogP contribution in [0.2, 0.25) is 0 Å². The number of hydrogen-bond donors (Lipinski definition) is 2. The molecule has 1 fully saturated rings. The van der Waals surface area contributed by atoms with Crippen molar-refractivity contribution in [3.05, 3.63) is 33.9 Å². The maximum Gasteiger partial charge on any atom is 0.293 e. The van der Waals surface area contributed by atoms with Crippen molar-refractivity contribution >= 4 is 17.3 Å². The van der Waals surface area contributed by atoms with Crippen LogP contribution in [0.1, 0.15) is 43.0 Å². The fourth-order valence-electron chi connectivity index (χ4n) is 2.79. The Morgan fingerprint density at radius 1 is 1.38 bits per heavy atom. The first-order valence-corrected chi connectivity index (χ1v) is 7.43. The number of benzene rings is 1. The molecule has 1 aliphatic carbocycles. The highest BCUT2D eigenvalue weighted by Gasteiger charge is 2.22. The third-order valence-corrected chi connectivity index (χ3v) is 3.86. The molecular formula is C15H21N3O3. The molecule has 0 aliphatic heterocycles. The van der Waals surface area contributed by atoms with Gasteiger partial charge in [0.15, 0.2) is 0 Å². The molecule has 2 N–H and O–H groups in total. The fourth-order valence-corrected chi connectivity index (χ4v) is 2.79. The molecule has 6 heteroatoms. The fraction of sp³-hybridized carbons (Fsp3) is 0.533. The summed E-state index contributed by atoms with van der Waals surface area (Å²) in [5.74, 6) is 0.289. The van der Waals surface area contributed by atoms with Crippen molar-refractivity contribution in [3.8, 4) is 0 Å². The zero-order valence-corrected chi connectivity index (χ0v) is 12.2. The van der Waals surface area contributed by atoms with Crippen molar-refractivity contribution in [3.63, 3.8) is 0 Å². The second kappa shape index (κ2) is 7.06. The van der Waals surface area contributed by atoms with Crippen molar-refractivity contribution in [1.82, 2.24) is 5.32 Å². The Hall–Kier alpha value is -2.11. The van der Waals surface area contributed by atoms with E-state index >= 15 is 0 Å². The first-order chi connectivity index (χ1) is 10.1. The Morgan fingerprint density at radius 3 is 2.71 bits per heavy atom. The van der Waals surface area contributed by atoms with E-state index in [2.05, 4.69) is 10.6 Å². The van der Waals surface area contributed by atoms with Crippen LogP contribution in [0.5, 0.6) is 0 Å². The quantitative estimate of drug-likeness (QED) is 0.623. The van der Waals surface area contributed by atoms with Gasteiger partial charge in [0.2, 0.25) is 0 Å². The third-order valence-electron chi connectivity index (χ3n) is 3.86. The highest BCUT2D eigenvalue weighted by molar-refractivity contribution is 6.01. The van der Waals surface area contributed by atoms with Gasteiger partial charge in [0, 0.05) is 19.2 Å². The molecule has 1 saturated carbocycles. The smallest absolute Gasteiger partial charge is 0.293 e. The van der Waals surface area contributed by atoms with Crippen molar-refractivity contribution in [2.75, 3.05) is 18.4 Å². The molecule has 114 valence electrons. The van der Waals surface area contributed by atoms with Crippen LogP contribution in [0.4, 0.5) is 11.4 Å². The number of amides is 1. The number of para-hydroxylation sites is 1. The summed E-state index contributed by atoms with van der Waals surface area (Å²) in [7, 11) is 0. The highest BCUT2D eigenvalue weighted by Crippen LogP contribution is 2.28. The number of nitro benzene ring substituents is 1. The van der Waals surface area contributed by atoms with Crippen molar-refractivity contribution in [2.45, 2.75) is 32.6 Å². The van der Waals surface area contributed by atoms with E-state index in [9.17, 15) is 14.9 Å². The summed E-state index contributed by atoms with van der Waals surface area (Å²) in [6.45, 7) is 3.01. The van der Waals surface area contributed by atoms with Gasteiger partial charge < -0.3 is 10.6 Å². The molecule has 6 nitrogen and oxygen atoms in total. The lowest BCUT2D eigenvalue weighted by Gasteiger charge is -2.13. The molecule has 1 aliphatic rings. The maximum atomic E-state index is 12.3. The summed E-state index contributed by atoms with van der Waals surface area (Å²) in [4.78, 5) is 22.9. The lowest BCUT2D eigenvalue weighted by Crippen LogP contribution is -2.29. The van der Waals surface area contributed by atoms with Gasteiger partial charge in [-0.3, -0.25) is 14.9 Å². The van der Waals surface area contributed by atoms with Crippen LogP contribution in [-0.4, -0.2) is 23.9 Å². The van der Waals surface area contributed by atoms with E-state index in [1.807, 2.05) is 6.92 Å². The average Bonchev–Trinajstić information content (AvgIpc) is 2.98. The predicted octanol–water partition coefficient (Wildman–Crippen LogP) is 2.95. The van der Waals surface area contributed by atoms with Gasteiger partial charge in [-0.1, -0.05) is 18.9 Å². The van der Waals surface area contributed by atoms with Crippen LogP contribution < -0.4 is 10.6 Å². The van der Waals surface area contributed by atoms with Crippen molar-refractivity contribution in [2.24, 2.45) is 5.92 Å². The molecule has 0 aromatic heterocycles. The van der Waals surface area contributed by atoms with E-state index in [0.29, 0.717) is 30.3 Å². The van der Waals surface area contributed by atoms with Crippen LogP contribution in [0.25, 0.3) is 0 Å².